The Morgan fingerprint density at radius 1 is 1.39 bits per heavy atom. The molecule has 0 spiro atoms. The van der Waals surface area contributed by atoms with Crippen molar-refractivity contribution in [3.63, 3.8) is 0 Å². The number of nitrogens with zero attached hydrogens (tertiary/aromatic N) is 4. The Bertz CT molecular complexity index is 565. The summed E-state index contributed by atoms with van der Waals surface area (Å²) >= 11 is 5.84. The van der Waals surface area contributed by atoms with E-state index in [0.29, 0.717) is 13.2 Å². The van der Waals surface area contributed by atoms with E-state index in [1.54, 1.807) is 6.20 Å². The fraction of sp³-hybridized carbons (Fsp3) is 0.455. The monoisotopic (exact) mass is 268 g/mol. The maximum absolute atomic E-state index is 9.46. The van der Waals surface area contributed by atoms with Gasteiger partial charge in [-0.3, -0.25) is 0 Å². The predicted molar refractivity (Wildman–Crippen MR) is 67.2 cm³/mol. The van der Waals surface area contributed by atoms with Crippen molar-refractivity contribution in [2.75, 3.05) is 31.3 Å². The number of aromatic nitrogens is 3. The Morgan fingerprint density at radius 2 is 2.17 bits per heavy atom. The molecule has 0 bridgehead atoms. The van der Waals surface area contributed by atoms with E-state index >= 15 is 0 Å². The van der Waals surface area contributed by atoms with Crippen molar-refractivity contribution in [2.24, 2.45) is 0 Å². The molecule has 0 aliphatic carbocycles. The van der Waals surface area contributed by atoms with Gasteiger partial charge in [0.1, 0.15) is 0 Å². The van der Waals surface area contributed by atoms with E-state index in [1.165, 1.54) is 0 Å². The van der Waals surface area contributed by atoms with Crippen molar-refractivity contribution in [1.82, 2.24) is 14.6 Å². The summed E-state index contributed by atoms with van der Waals surface area (Å²) in [5.74, 6) is 0. The van der Waals surface area contributed by atoms with Gasteiger partial charge in [0, 0.05) is 11.6 Å². The van der Waals surface area contributed by atoms with Crippen LogP contribution in [0.15, 0.2) is 12.3 Å². The van der Waals surface area contributed by atoms with Crippen molar-refractivity contribution in [3.8, 4) is 0 Å². The Morgan fingerprint density at radius 3 is 2.89 bits per heavy atom. The van der Waals surface area contributed by atoms with Gasteiger partial charge in [0.25, 0.3) is 0 Å². The minimum absolute atomic E-state index is 0.0503. The average molecular weight is 269 g/mol. The van der Waals surface area contributed by atoms with Crippen LogP contribution in [0.1, 0.15) is 5.69 Å². The smallest absolute Gasteiger partial charge is 0.224 e. The molecule has 0 amide bonds. The normalized spacial score (nSPS) is 16.4. The first-order chi connectivity index (χ1) is 8.79. The van der Waals surface area contributed by atoms with Crippen molar-refractivity contribution in [2.45, 2.75) is 6.61 Å². The lowest BCUT2D eigenvalue weighted by Crippen LogP contribution is -2.44. The lowest BCUT2D eigenvalue weighted by molar-refractivity contribution is 0.110. The molecule has 0 unspecified atom stereocenters. The molecule has 7 heteroatoms. The lowest BCUT2D eigenvalue weighted by Gasteiger charge is -2.31. The topological polar surface area (TPSA) is 63.4 Å². The summed E-state index contributed by atoms with van der Waals surface area (Å²) in [4.78, 5) is 8.20. The molecule has 96 valence electrons. The molecule has 2 aromatic heterocycles. The number of hydrogen-bond acceptors (Lipinski definition) is 5. The van der Waals surface area contributed by atoms with Crippen molar-refractivity contribution < 1.29 is 9.84 Å². The molecular formula is C11H13ClN4O2. The third kappa shape index (κ3) is 1.92. The highest BCUT2D eigenvalue weighted by Crippen LogP contribution is 2.20. The third-order valence-electron chi connectivity index (χ3n) is 2.99. The summed E-state index contributed by atoms with van der Waals surface area (Å²) in [5, 5.41) is 12.6. The van der Waals surface area contributed by atoms with E-state index in [-0.39, 0.29) is 11.9 Å². The van der Waals surface area contributed by atoms with E-state index < -0.39 is 0 Å². The van der Waals surface area contributed by atoms with Crippen LogP contribution < -0.4 is 5.01 Å². The Labute approximate surface area is 109 Å². The summed E-state index contributed by atoms with van der Waals surface area (Å²) in [6, 6.07) is 1.88. The van der Waals surface area contributed by atoms with Crippen LogP contribution in [0, 0.1) is 0 Å². The zero-order valence-electron chi connectivity index (χ0n) is 9.71. The minimum atomic E-state index is -0.0503. The van der Waals surface area contributed by atoms with Crippen LogP contribution in [-0.2, 0) is 11.3 Å². The van der Waals surface area contributed by atoms with Crippen LogP contribution >= 0.6 is 11.6 Å². The first-order valence-corrected chi connectivity index (χ1v) is 6.14. The van der Waals surface area contributed by atoms with E-state index in [9.17, 15) is 5.11 Å². The average Bonchev–Trinajstić information content (AvgIpc) is 2.77. The van der Waals surface area contributed by atoms with Gasteiger partial charge < -0.3 is 14.9 Å². The highest BCUT2D eigenvalue weighted by atomic mass is 35.5. The minimum Gasteiger partial charge on any atom is -0.390 e. The molecule has 6 nitrogen and oxygen atoms in total. The Kier molecular flexibility index (Phi) is 3.07. The molecule has 3 heterocycles. The largest absolute Gasteiger partial charge is 0.390 e. The maximum Gasteiger partial charge on any atom is 0.224 e. The number of hydrogen-bond donors (Lipinski definition) is 1. The quantitative estimate of drug-likeness (QED) is 0.806. The second-order valence-corrected chi connectivity index (χ2v) is 4.43. The molecule has 2 aromatic rings. The number of aliphatic hydroxyl groups is 1. The van der Waals surface area contributed by atoms with Crippen LogP contribution in [0.2, 0.25) is 5.28 Å². The molecule has 18 heavy (non-hydrogen) atoms. The molecule has 1 fully saturated rings. The van der Waals surface area contributed by atoms with Crippen LogP contribution in [0.4, 0.5) is 0 Å². The van der Waals surface area contributed by atoms with Crippen LogP contribution in [0.25, 0.3) is 11.0 Å². The zero-order valence-corrected chi connectivity index (χ0v) is 10.5. The fourth-order valence-corrected chi connectivity index (χ4v) is 2.32. The highest BCUT2D eigenvalue weighted by Gasteiger charge is 2.18. The summed E-state index contributed by atoms with van der Waals surface area (Å²) in [7, 11) is 0. The molecule has 1 saturated heterocycles. The first kappa shape index (κ1) is 11.7. The second-order valence-electron chi connectivity index (χ2n) is 4.09. The Balaban J connectivity index is 2.14. The molecule has 0 saturated carbocycles. The number of ether oxygens (including phenoxy) is 1. The SMILES string of the molecule is OCc1cc2cnc(Cl)nc2n1N1CCOCC1. The van der Waals surface area contributed by atoms with Gasteiger partial charge in [0.2, 0.25) is 5.28 Å². The van der Waals surface area contributed by atoms with Gasteiger partial charge in [-0.2, -0.15) is 4.98 Å². The summed E-state index contributed by atoms with van der Waals surface area (Å²) in [5.41, 5.74) is 1.50. The lowest BCUT2D eigenvalue weighted by atomic mass is 10.4. The summed E-state index contributed by atoms with van der Waals surface area (Å²) < 4.78 is 7.24. The van der Waals surface area contributed by atoms with Gasteiger partial charge in [-0.25, -0.2) is 9.66 Å². The number of fused-ring (bicyclic) bond motifs is 1. The third-order valence-corrected chi connectivity index (χ3v) is 3.18. The molecule has 0 radical (unpaired) electrons. The number of morpholine rings is 1. The van der Waals surface area contributed by atoms with Crippen LogP contribution in [0.3, 0.4) is 0 Å². The second kappa shape index (κ2) is 4.72. The van der Waals surface area contributed by atoms with Gasteiger partial charge >= 0.3 is 0 Å². The van der Waals surface area contributed by atoms with Gasteiger partial charge in [0.05, 0.1) is 38.6 Å². The first-order valence-electron chi connectivity index (χ1n) is 5.76. The summed E-state index contributed by atoms with van der Waals surface area (Å²) in [6.45, 7) is 2.81. The molecule has 1 aliphatic heterocycles. The van der Waals surface area contributed by atoms with E-state index in [2.05, 4.69) is 15.0 Å². The fourth-order valence-electron chi connectivity index (χ4n) is 2.19. The van der Waals surface area contributed by atoms with Crippen molar-refractivity contribution in [1.29, 1.82) is 0 Å². The van der Waals surface area contributed by atoms with Crippen molar-refractivity contribution >= 4 is 22.6 Å². The van der Waals surface area contributed by atoms with Crippen LogP contribution in [0.5, 0.6) is 0 Å². The Hall–Kier alpha value is -1.37. The predicted octanol–water partition coefficient (Wildman–Crippen LogP) is 0.545. The van der Waals surface area contributed by atoms with E-state index in [4.69, 9.17) is 16.3 Å². The van der Waals surface area contributed by atoms with Gasteiger partial charge in [0.15, 0.2) is 5.65 Å². The molecule has 3 rings (SSSR count). The molecular weight excluding hydrogens is 256 g/mol. The molecule has 0 aromatic carbocycles. The van der Waals surface area contributed by atoms with Gasteiger partial charge in [-0.1, -0.05) is 0 Å². The van der Waals surface area contributed by atoms with E-state index in [0.717, 1.165) is 29.8 Å². The van der Waals surface area contributed by atoms with Crippen LogP contribution in [-0.4, -0.2) is 46.1 Å². The highest BCUT2D eigenvalue weighted by molar-refractivity contribution is 6.28. The number of rotatable bonds is 2. The van der Waals surface area contributed by atoms with Gasteiger partial charge in [-0.15, -0.1) is 0 Å². The molecule has 1 aliphatic rings. The number of aliphatic hydroxyl groups excluding tert-OH is 1. The van der Waals surface area contributed by atoms with Crippen molar-refractivity contribution in [3.05, 3.63) is 23.2 Å². The standard InChI is InChI=1S/C11H13ClN4O2/c12-11-13-6-8-5-9(7-17)16(10(8)14-11)15-1-3-18-4-2-15/h5-6,17H,1-4,7H2. The molecule has 1 N–H and O–H groups in total. The zero-order chi connectivity index (χ0) is 12.5. The summed E-state index contributed by atoms with van der Waals surface area (Å²) in [6.07, 6.45) is 1.67. The van der Waals surface area contributed by atoms with E-state index in [1.807, 2.05) is 10.7 Å². The maximum atomic E-state index is 9.46. The number of halogens is 1. The molecule has 0 atom stereocenters. The van der Waals surface area contributed by atoms with Gasteiger partial charge in [-0.05, 0) is 17.7 Å².